The molecule has 5 aromatic rings. The molecule has 0 aliphatic rings. The van der Waals surface area contributed by atoms with Crippen molar-refractivity contribution in [3.63, 3.8) is 0 Å². The van der Waals surface area contributed by atoms with E-state index in [0.717, 1.165) is 28.1 Å². The molecule has 5 rings (SSSR count). The zero-order chi connectivity index (χ0) is 24.0. The van der Waals surface area contributed by atoms with E-state index in [2.05, 4.69) is 10.1 Å². The molecule has 0 bridgehead atoms. The number of carboxylic acids is 1. The van der Waals surface area contributed by atoms with E-state index in [-0.39, 0.29) is 16.6 Å². The normalized spacial score (nSPS) is 12.2. The van der Waals surface area contributed by atoms with Crippen LogP contribution in [0.15, 0.2) is 59.5 Å². The fraction of sp³-hybridized carbons (Fsp3) is 0.160. The Kier molecular flexibility index (Phi) is 5.37. The second-order valence-corrected chi connectivity index (χ2v) is 8.41. The molecule has 0 saturated heterocycles. The Morgan fingerprint density at radius 1 is 1.18 bits per heavy atom. The van der Waals surface area contributed by atoms with Crippen LogP contribution in [0.1, 0.15) is 40.5 Å². The number of halogens is 1. The molecule has 0 amide bonds. The van der Waals surface area contributed by atoms with Crippen molar-refractivity contribution in [2.75, 3.05) is 0 Å². The van der Waals surface area contributed by atoms with Gasteiger partial charge in [-0.1, -0.05) is 28.9 Å². The van der Waals surface area contributed by atoms with Crippen LogP contribution in [0.4, 0.5) is 0 Å². The van der Waals surface area contributed by atoms with Gasteiger partial charge >= 0.3 is 5.97 Å². The van der Waals surface area contributed by atoms with Crippen molar-refractivity contribution in [1.82, 2.24) is 24.7 Å². The second kappa shape index (κ2) is 8.39. The zero-order valence-corrected chi connectivity index (χ0v) is 19.4. The average molecular weight is 474 g/mol. The Balaban J connectivity index is 1.74. The van der Waals surface area contributed by atoms with E-state index in [0.29, 0.717) is 22.6 Å². The van der Waals surface area contributed by atoms with Gasteiger partial charge in [-0.25, -0.2) is 14.8 Å². The van der Waals surface area contributed by atoms with Crippen LogP contribution < -0.4 is 0 Å². The number of carbonyl (C=O) groups is 1. The quantitative estimate of drug-likeness (QED) is 0.347. The Labute approximate surface area is 199 Å². The van der Waals surface area contributed by atoms with Crippen molar-refractivity contribution in [3.05, 3.63) is 82.7 Å². The molecule has 8 nitrogen and oxygen atoms in total. The summed E-state index contributed by atoms with van der Waals surface area (Å²) in [7, 11) is 0. The number of aryl methyl sites for hydroxylation is 2. The van der Waals surface area contributed by atoms with Crippen LogP contribution in [0.25, 0.3) is 33.5 Å². The van der Waals surface area contributed by atoms with Crippen LogP contribution in [0.2, 0.25) is 5.02 Å². The van der Waals surface area contributed by atoms with Gasteiger partial charge in [-0.05, 0) is 50.6 Å². The summed E-state index contributed by atoms with van der Waals surface area (Å²) in [6.07, 6.45) is 5.40. The molecule has 0 radical (unpaired) electrons. The maximum absolute atomic E-state index is 11.4. The van der Waals surface area contributed by atoms with Gasteiger partial charge in [-0.3, -0.25) is 4.98 Å². The van der Waals surface area contributed by atoms with Gasteiger partial charge in [0.15, 0.2) is 5.65 Å². The smallest absolute Gasteiger partial charge is 0.337 e. The molecule has 34 heavy (non-hydrogen) atoms. The topological polar surface area (TPSA) is 107 Å². The largest absolute Gasteiger partial charge is 0.478 e. The molecule has 0 fully saturated rings. The van der Waals surface area contributed by atoms with E-state index in [1.165, 1.54) is 6.07 Å². The Bertz CT molecular complexity index is 1520. The number of pyridine rings is 1. The molecule has 4 aromatic heterocycles. The highest BCUT2D eigenvalue weighted by Gasteiger charge is 2.22. The number of hydrogen-bond acceptors (Lipinski definition) is 6. The first-order valence-corrected chi connectivity index (χ1v) is 11.0. The van der Waals surface area contributed by atoms with Crippen molar-refractivity contribution < 1.29 is 14.4 Å². The molecule has 4 heterocycles. The first kappa shape index (κ1) is 21.8. The van der Waals surface area contributed by atoms with Crippen LogP contribution in [0.5, 0.6) is 0 Å². The molecule has 1 aromatic carbocycles. The minimum atomic E-state index is -1.08. The van der Waals surface area contributed by atoms with Gasteiger partial charge in [-0.15, -0.1) is 0 Å². The highest BCUT2D eigenvalue weighted by molar-refractivity contribution is 6.33. The summed E-state index contributed by atoms with van der Waals surface area (Å²) in [5.41, 5.74) is 5.96. The minimum absolute atomic E-state index is 0.0442. The van der Waals surface area contributed by atoms with E-state index in [1.807, 2.05) is 49.7 Å². The summed E-state index contributed by atoms with van der Waals surface area (Å²) < 4.78 is 7.34. The lowest BCUT2D eigenvalue weighted by molar-refractivity contribution is 0.0697. The lowest BCUT2D eigenvalue weighted by Crippen LogP contribution is -2.08. The van der Waals surface area contributed by atoms with Gasteiger partial charge in [0, 0.05) is 18.0 Å². The minimum Gasteiger partial charge on any atom is -0.478 e. The number of benzene rings is 1. The van der Waals surface area contributed by atoms with E-state index in [1.54, 1.807) is 24.5 Å². The SMILES string of the molecule is Cc1noc(C)c1-c1cnc2c(-c3ccc(C(=O)O)c(Cl)c3)cn([C@@H](C)c3ccccn3)c2n1. The summed E-state index contributed by atoms with van der Waals surface area (Å²) in [6.45, 7) is 5.75. The third-order valence-corrected chi connectivity index (χ3v) is 6.17. The monoisotopic (exact) mass is 473 g/mol. The fourth-order valence-corrected chi connectivity index (χ4v) is 4.37. The third-order valence-electron chi connectivity index (χ3n) is 5.86. The zero-order valence-electron chi connectivity index (χ0n) is 18.7. The van der Waals surface area contributed by atoms with Crippen molar-refractivity contribution in [2.45, 2.75) is 26.8 Å². The maximum atomic E-state index is 11.4. The number of hydrogen-bond donors (Lipinski definition) is 1. The number of rotatable bonds is 5. The molecule has 0 aliphatic heterocycles. The highest BCUT2D eigenvalue weighted by Crippen LogP contribution is 2.35. The van der Waals surface area contributed by atoms with E-state index in [4.69, 9.17) is 26.1 Å². The number of nitrogens with zero attached hydrogens (tertiary/aromatic N) is 5. The highest BCUT2D eigenvalue weighted by atomic mass is 35.5. The lowest BCUT2D eigenvalue weighted by Gasteiger charge is -2.14. The Morgan fingerprint density at radius 2 is 2.00 bits per heavy atom. The molecular weight excluding hydrogens is 454 g/mol. The molecule has 170 valence electrons. The van der Waals surface area contributed by atoms with Gasteiger partial charge in [0.05, 0.1) is 45.5 Å². The van der Waals surface area contributed by atoms with Crippen LogP contribution in [0, 0.1) is 13.8 Å². The molecule has 0 spiro atoms. The van der Waals surface area contributed by atoms with Gasteiger partial charge in [0.1, 0.15) is 11.3 Å². The molecule has 1 N–H and O–H groups in total. The van der Waals surface area contributed by atoms with Crippen LogP contribution >= 0.6 is 11.6 Å². The van der Waals surface area contributed by atoms with E-state index >= 15 is 0 Å². The Hall–Kier alpha value is -4.04. The van der Waals surface area contributed by atoms with Gasteiger partial charge in [0.25, 0.3) is 0 Å². The summed E-state index contributed by atoms with van der Waals surface area (Å²) >= 11 is 6.27. The molecule has 0 aliphatic carbocycles. The number of carboxylic acid groups (broad SMARTS) is 1. The third kappa shape index (κ3) is 3.62. The van der Waals surface area contributed by atoms with Crippen LogP contribution in [0.3, 0.4) is 0 Å². The molecule has 1 atom stereocenters. The summed E-state index contributed by atoms with van der Waals surface area (Å²) in [5.74, 6) is -0.412. The number of aromatic carboxylic acids is 1. The molecule has 9 heteroatoms. The van der Waals surface area contributed by atoms with Crippen molar-refractivity contribution in [1.29, 1.82) is 0 Å². The summed E-state index contributed by atoms with van der Waals surface area (Å²) in [6, 6.07) is 10.5. The van der Waals surface area contributed by atoms with Gasteiger partial charge in [-0.2, -0.15) is 0 Å². The first-order valence-electron chi connectivity index (χ1n) is 10.6. The molecular formula is C25H20ClN5O3. The van der Waals surface area contributed by atoms with Crippen LogP contribution in [-0.2, 0) is 0 Å². The summed E-state index contributed by atoms with van der Waals surface area (Å²) in [4.78, 5) is 25.6. The fourth-order valence-electron chi connectivity index (χ4n) is 4.11. The molecule has 0 saturated carbocycles. The van der Waals surface area contributed by atoms with Crippen molar-refractivity contribution in [2.24, 2.45) is 0 Å². The second-order valence-electron chi connectivity index (χ2n) is 8.01. The van der Waals surface area contributed by atoms with Crippen LogP contribution in [-0.4, -0.2) is 35.8 Å². The van der Waals surface area contributed by atoms with Crippen molar-refractivity contribution in [3.8, 4) is 22.4 Å². The number of fused-ring (bicyclic) bond motifs is 1. The lowest BCUT2D eigenvalue weighted by atomic mass is 10.1. The maximum Gasteiger partial charge on any atom is 0.337 e. The van der Waals surface area contributed by atoms with E-state index in [9.17, 15) is 9.90 Å². The number of aromatic nitrogens is 5. The van der Waals surface area contributed by atoms with Gasteiger partial charge in [0.2, 0.25) is 0 Å². The van der Waals surface area contributed by atoms with Gasteiger partial charge < -0.3 is 14.2 Å². The van der Waals surface area contributed by atoms with Crippen molar-refractivity contribution >= 4 is 28.7 Å². The average Bonchev–Trinajstić information content (AvgIpc) is 3.38. The first-order chi connectivity index (χ1) is 16.3. The molecule has 0 unspecified atom stereocenters. The predicted octanol–water partition coefficient (Wildman–Crippen LogP) is 5.73. The standard InChI is InChI=1S/C25H20ClN5O3/c1-13-22(15(3)34-30-13)21-11-28-23-18(16-7-8-17(25(32)33)19(26)10-16)12-31(24(23)29-21)14(2)20-6-4-5-9-27-20/h4-12,14H,1-3H3,(H,32,33)/t14-/m0/s1. The summed E-state index contributed by atoms with van der Waals surface area (Å²) in [5, 5.41) is 13.5. The Morgan fingerprint density at radius 3 is 2.65 bits per heavy atom. The van der Waals surface area contributed by atoms with E-state index < -0.39 is 5.97 Å². The predicted molar refractivity (Wildman–Crippen MR) is 128 cm³/mol.